The molecular formula is C14H19BrO2. The third-order valence-electron chi connectivity index (χ3n) is 3.54. The number of hydrogen-bond donors (Lipinski definition) is 1. The minimum atomic E-state index is -0.410. The summed E-state index contributed by atoms with van der Waals surface area (Å²) in [5.74, 6) is 0.226. The van der Waals surface area contributed by atoms with Crippen molar-refractivity contribution in [3.63, 3.8) is 0 Å². The number of aliphatic hydroxyl groups is 1. The Morgan fingerprint density at radius 2 is 2.06 bits per heavy atom. The van der Waals surface area contributed by atoms with Crippen LogP contribution in [0.5, 0.6) is 0 Å². The van der Waals surface area contributed by atoms with Crippen molar-refractivity contribution in [2.45, 2.75) is 39.4 Å². The van der Waals surface area contributed by atoms with Crippen LogP contribution in [0.3, 0.4) is 0 Å². The molecule has 3 atom stereocenters. The lowest BCUT2D eigenvalue weighted by Crippen LogP contribution is -2.14. The highest BCUT2D eigenvalue weighted by Crippen LogP contribution is 2.34. The van der Waals surface area contributed by atoms with Gasteiger partial charge in [-0.05, 0) is 49.9 Å². The molecule has 0 aromatic heterocycles. The number of benzene rings is 1. The molecule has 0 spiro atoms. The fraction of sp³-hybridized carbons (Fsp3) is 0.571. The summed E-state index contributed by atoms with van der Waals surface area (Å²) in [6.45, 7) is 6.82. The van der Waals surface area contributed by atoms with Gasteiger partial charge in [0.1, 0.15) is 0 Å². The normalized spacial score (nSPS) is 26.2. The van der Waals surface area contributed by atoms with Gasteiger partial charge < -0.3 is 9.84 Å². The molecule has 0 bridgehead atoms. The standard InChI is InChI=1S/C14H19BrO2/c1-8-5-13(15)9(2)4-12(8)14(16)11-6-10(3)17-7-11/h4-5,10-11,14,16H,6-7H2,1-3H3. The summed E-state index contributed by atoms with van der Waals surface area (Å²) < 4.78 is 6.63. The second-order valence-electron chi connectivity index (χ2n) is 5.04. The lowest BCUT2D eigenvalue weighted by molar-refractivity contribution is 0.0800. The molecule has 1 aromatic carbocycles. The van der Waals surface area contributed by atoms with Crippen molar-refractivity contribution in [3.05, 3.63) is 33.3 Å². The van der Waals surface area contributed by atoms with Crippen molar-refractivity contribution < 1.29 is 9.84 Å². The summed E-state index contributed by atoms with van der Waals surface area (Å²) in [5, 5.41) is 10.4. The van der Waals surface area contributed by atoms with E-state index in [-0.39, 0.29) is 12.0 Å². The van der Waals surface area contributed by atoms with Gasteiger partial charge in [0.15, 0.2) is 0 Å². The summed E-state index contributed by atoms with van der Waals surface area (Å²) in [7, 11) is 0. The predicted molar refractivity (Wildman–Crippen MR) is 72.1 cm³/mol. The molecule has 1 aliphatic heterocycles. The number of hydrogen-bond acceptors (Lipinski definition) is 2. The van der Waals surface area contributed by atoms with Gasteiger partial charge in [0, 0.05) is 10.4 Å². The van der Waals surface area contributed by atoms with Crippen LogP contribution in [0, 0.1) is 19.8 Å². The first-order chi connectivity index (χ1) is 7.99. The predicted octanol–water partition coefficient (Wildman–Crippen LogP) is 3.52. The zero-order chi connectivity index (χ0) is 12.6. The minimum absolute atomic E-state index is 0.226. The first kappa shape index (κ1) is 13.1. The summed E-state index contributed by atoms with van der Waals surface area (Å²) in [6.07, 6.45) is 0.800. The average Bonchev–Trinajstić information content (AvgIpc) is 2.69. The van der Waals surface area contributed by atoms with Gasteiger partial charge in [-0.3, -0.25) is 0 Å². The average molecular weight is 299 g/mol. The van der Waals surface area contributed by atoms with Crippen LogP contribution < -0.4 is 0 Å². The fourth-order valence-electron chi connectivity index (χ4n) is 2.45. The Labute approximate surface area is 111 Å². The van der Waals surface area contributed by atoms with Crippen molar-refractivity contribution >= 4 is 15.9 Å². The Morgan fingerprint density at radius 3 is 2.65 bits per heavy atom. The quantitative estimate of drug-likeness (QED) is 0.905. The lowest BCUT2D eigenvalue weighted by atomic mass is 9.90. The van der Waals surface area contributed by atoms with Crippen molar-refractivity contribution in [2.75, 3.05) is 6.61 Å². The topological polar surface area (TPSA) is 29.5 Å². The van der Waals surface area contributed by atoms with E-state index in [9.17, 15) is 5.11 Å². The molecule has 2 nitrogen and oxygen atoms in total. The number of aryl methyl sites for hydroxylation is 2. The second kappa shape index (κ2) is 5.09. The zero-order valence-electron chi connectivity index (χ0n) is 10.5. The number of rotatable bonds is 2. The Kier molecular flexibility index (Phi) is 3.91. The van der Waals surface area contributed by atoms with Crippen LogP contribution in [-0.2, 0) is 4.74 Å². The van der Waals surface area contributed by atoms with Gasteiger partial charge in [-0.25, -0.2) is 0 Å². The molecule has 1 N–H and O–H groups in total. The van der Waals surface area contributed by atoms with E-state index in [1.165, 1.54) is 0 Å². The SMILES string of the molecule is Cc1cc(C(O)C2COC(C)C2)c(C)cc1Br. The summed E-state index contributed by atoms with van der Waals surface area (Å²) >= 11 is 3.52. The highest BCUT2D eigenvalue weighted by atomic mass is 79.9. The van der Waals surface area contributed by atoms with E-state index in [0.717, 1.165) is 27.6 Å². The summed E-state index contributed by atoms with van der Waals surface area (Å²) in [5.41, 5.74) is 3.33. The Hall–Kier alpha value is -0.380. The molecule has 1 aromatic rings. The van der Waals surface area contributed by atoms with Crippen molar-refractivity contribution in [1.29, 1.82) is 0 Å². The fourth-order valence-corrected chi connectivity index (χ4v) is 2.90. The third-order valence-corrected chi connectivity index (χ3v) is 4.40. The molecule has 1 saturated heterocycles. The summed E-state index contributed by atoms with van der Waals surface area (Å²) in [6, 6.07) is 4.15. The molecule has 3 heteroatoms. The molecule has 0 saturated carbocycles. The maximum Gasteiger partial charge on any atom is 0.0843 e. The molecular weight excluding hydrogens is 280 g/mol. The molecule has 1 aliphatic rings. The maximum absolute atomic E-state index is 10.4. The van der Waals surface area contributed by atoms with Gasteiger partial charge in [-0.1, -0.05) is 22.0 Å². The highest BCUT2D eigenvalue weighted by molar-refractivity contribution is 9.10. The van der Waals surface area contributed by atoms with Crippen LogP contribution in [0.4, 0.5) is 0 Å². The van der Waals surface area contributed by atoms with E-state index >= 15 is 0 Å². The molecule has 94 valence electrons. The van der Waals surface area contributed by atoms with E-state index in [1.807, 2.05) is 13.8 Å². The molecule has 3 unspecified atom stereocenters. The summed E-state index contributed by atoms with van der Waals surface area (Å²) in [4.78, 5) is 0. The molecule has 1 heterocycles. The lowest BCUT2D eigenvalue weighted by Gasteiger charge is -2.20. The van der Waals surface area contributed by atoms with Crippen LogP contribution in [0.15, 0.2) is 16.6 Å². The first-order valence-electron chi connectivity index (χ1n) is 6.05. The van der Waals surface area contributed by atoms with Gasteiger partial charge in [0.25, 0.3) is 0 Å². The second-order valence-corrected chi connectivity index (χ2v) is 5.90. The maximum atomic E-state index is 10.4. The number of aliphatic hydroxyl groups excluding tert-OH is 1. The third kappa shape index (κ3) is 2.72. The first-order valence-corrected chi connectivity index (χ1v) is 6.84. The molecule has 0 amide bonds. The zero-order valence-corrected chi connectivity index (χ0v) is 12.1. The van der Waals surface area contributed by atoms with Crippen LogP contribution in [0.25, 0.3) is 0 Å². The molecule has 0 aliphatic carbocycles. The van der Waals surface area contributed by atoms with E-state index in [2.05, 4.69) is 35.0 Å². The molecule has 17 heavy (non-hydrogen) atoms. The monoisotopic (exact) mass is 298 g/mol. The van der Waals surface area contributed by atoms with E-state index in [0.29, 0.717) is 6.61 Å². The Balaban J connectivity index is 2.24. The van der Waals surface area contributed by atoms with Gasteiger partial charge in [0.2, 0.25) is 0 Å². The van der Waals surface area contributed by atoms with Crippen LogP contribution in [0.2, 0.25) is 0 Å². The largest absolute Gasteiger partial charge is 0.388 e. The minimum Gasteiger partial charge on any atom is -0.388 e. The van der Waals surface area contributed by atoms with Gasteiger partial charge in [0.05, 0.1) is 18.8 Å². The van der Waals surface area contributed by atoms with Crippen molar-refractivity contribution in [3.8, 4) is 0 Å². The molecule has 0 radical (unpaired) electrons. The van der Waals surface area contributed by atoms with Crippen LogP contribution in [-0.4, -0.2) is 17.8 Å². The van der Waals surface area contributed by atoms with Crippen LogP contribution >= 0.6 is 15.9 Å². The smallest absolute Gasteiger partial charge is 0.0843 e. The number of ether oxygens (including phenoxy) is 1. The van der Waals surface area contributed by atoms with E-state index < -0.39 is 6.10 Å². The Morgan fingerprint density at radius 1 is 1.35 bits per heavy atom. The highest BCUT2D eigenvalue weighted by Gasteiger charge is 2.30. The van der Waals surface area contributed by atoms with Gasteiger partial charge in [-0.15, -0.1) is 0 Å². The van der Waals surface area contributed by atoms with E-state index in [4.69, 9.17) is 4.74 Å². The van der Waals surface area contributed by atoms with Crippen LogP contribution in [0.1, 0.15) is 36.1 Å². The Bertz CT molecular complexity index is 417. The van der Waals surface area contributed by atoms with Gasteiger partial charge in [-0.2, -0.15) is 0 Å². The van der Waals surface area contributed by atoms with E-state index in [1.54, 1.807) is 0 Å². The number of halogens is 1. The molecule has 2 rings (SSSR count). The van der Waals surface area contributed by atoms with Gasteiger partial charge >= 0.3 is 0 Å². The molecule has 1 fully saturated rings. The van der Waals surface area contributed by atoms with Crippen molar-refractivity contribution in [1.82, 2.24) is 0 Å². The van der Waals surface area contributed by atoms with Crippen molar-refractivity contribution in [2.24, 2.45) is 5.92 Å².